The van der Waals surface area contributed by atoms with Crippen molar-refractivity contribution in [3.05, 3.63) is 46.8 Å². The van der Waals surface area contributed by atoms with Crippen LogP contribution >= 0.6 is 11.3 Å². The SMILES string of the molecule is O=Cc1csc(-c2ccc(C(=O)O)cc2)c1. The van der Waals surface area contributed by atoms with E-state index in [0.29, 0.717) is 5.56 Å². The summed E-state index contributed by atoms with van der Waals surface area (Å²) in [7, 11) is 0. The molecule has 2 rings (SSSR count). The van der Waals surface area contributed by atoms with Gasteiger partial charge in [-0.15, -0.1) is 11.3 Å². The number of carboxylic acids is 1. The van der Waals surface area contributed by atoms with Crippen LogP contribution in [0.3, 0.4) is 0 Å². The predicted octanol–water partition coefficient (Wildman–Crippen LogP) is 2.93. The van der Waals surface area contributed by atoms with Gasteiger partial charge in [-0.25, -0.2) is 4.79 Å². The van der Waals surface area contributed by atoms with Gasteiger partial charge in [0, 0.05) is 15.8 Å². The maximum Gasteiger partial charge on any atom is 0.335 e. The fraction of sp³-hybridized carbons (Fsp3) is 0. The first-order chi connectivity index (χ1) is 7.70. The highest BCUT2D eigenvalue weighted by Gasteiger charge is 2.05. The van der Waals surface area contributed by atoms with Crippen molar-refractivity contribution in [3.8, 4) is 10.4 Å². The van der Waals surface area contributed by atoms with Crippen molar-refractivity contribution in [1.29, 1.82) is 0 Å². The van der Waals surface area contributed by atoms with Gasteiger partial charge < -0.3 is 5.11 Å². The number of benzene rings is 1. The zero-order valence-electron chi connectivity index (χ0n) is 8.21. The molecule has 0 aliphatic carbocycles. The standard InChI is InChI=1S/C12H8O3S/c13-6-8-5-11(16-7-8)9-1-3-10(4-2-9)12(14)15/h1-7H,(H,14,15). The average Bonchev–Trinajstić information content (AvgIpc) is 2.77. The summed E-state index contributed by atoms with van der Waals surface area (Å²) >= 11 is 1.46. The predicted molar refractivity (Wildman–Crippen MR) is 62.1 cm³/mol. The van der Waals surface area contributed by atoms with Crippen molar-refractivity contribution < 1.29 is 14.7 Å². The first kappa shape index (κ1) is 10.6. The van der Waals surface area contributed by atoms with Crippen LogP contribution in [0.4, 0.5) is 0 Å². The Labute approximate surface area is 96.0 Å². The Bertz CT molecular complexity index is 525. The van der Waals surface area contributed by atoms with Gasteiger partial charge in [0.15, 0.2) is 6.29 Å². The van der Waals surface area contributed by atoms with Gasteiger partial charge in [-0.05, 0) is 23.8 Å². The molecule has 0 atom stereocenters. The second kappa shape index (κ2) is 4.28. The maximum atomic E-state index is 10.7. The Morgan fingerprint density at radius 1 is 1.25 bits per heavy atom. The molecule has 0 fully saturated rings. The minimum atomic E-state index is -0.939. The van der Waals surface area contributed by atoms with Crippen molar-refractivity contribution in [3.63, 3.8) is 0 Å². The largest absolute Gasteiger partial charge is 0.478 e. The van der Waals surface area contributed by atoms with Crippen LogP contribution in [0.15, 0.2) is 35.7 Å². The van der Waals surface area contributed by atoms with E-state index in [0.717, 1.165) is 16.7 Å². The topological polar surface area (TPSA) is 54.4 Å². The number of carbonyl (C=O) groups excluding carboxylic acids is 1. The molecule has 0 spiro atoms. The van der Waals surface area contributed by atoms with Crippen molar-refractivity contribution in [2.24, 2.45) is 0 Å². The van der Waals surface area contributed by atoms with Crippen molar-refractivity contribution in [1.82, 2.24) is 0 Å². The van der Waals surface area contributed by atoms with Crippen LogP contribution in [0.25, 0.3) is 10.4 Å². The number of rotatable bonds is 3. The molecule has 3 nitrogen and oxygen atoms in total. The van der Waals surface area contributed by atoms with Crippen molar-refractivity contribution in [2.45, 2.75) is 0 Å². The van der Waals surface area contributed by atoms with Crippen LogP contribution < -0.4 is 0 Å². The molecule has 0 unspecified atom stereocenters. The number of thiophene rings is 1. The minimum Gasteiger partial charge on any atom is -0.478 e. The quantitative estimate of drug-likeness (QED) is 0.828. The lowest BCUT2D eigenvalue weighted by atomic mass is 10.1. The van der Waals surface area contributed by atoms with E-state index in [9.17, 15) is 9.59 Å². The van der Waals surface area contributed by atoms with Crippen molar-refractivity contribution in [2.75, 3.05) is 0 Å². The number of aromatic carboxylic acids is 1. The normalized spacial score (nSPS) is 10.0. The van der Waals surface area contributed by atoms with Gasteiger partial charge in [-0.1, -0.05) is 12.1 Å². The molecule has 1 aromatic heterocycles. The molecule has 4 heteroatoms. The molecule has 2 aromatic rings. The van der Waals surface area contributed by atoms with E-state index in [4.69, 9.17) is 5.11 Å². The second-order valence-corrected chi connectivity index (χ2v) is 4.16. The lowest BCUT2D eigenvalue weighted by Gasteiger charge is -1.98. The summed E-state index contributed by atoms with van der Waals surface area (Å²) in [4.78, 5) is 22.1. The Balaban J connectivity index is 2.34. The molecule has 16 heavy (non-hydrogen) atoms. The number of hydrogen-bond acceptors (Lipinski definition) is 3. The van der Waals surface area contributed by atoms with Gasteiger partial charge in [-0.2, -0.15) is 0 Å². The van der Waals surface area contributed by atoms with E-state index in [1.54, 1.807) is 35.7 Å². The molecule has 0 radical (unpaired) electrons. The zero-order valence-corrected chi connectivity index (χ0v) is 9.03. The summed E-state index contributed by atoms with van der Waals surface area (Å²) in [6, 6.07) is 8.37. The van der Waals surface area contributed by atoms with Crippen LogP contribution in [-0.2, 0) is 0 Å². The zero-order chi connectivity index (χ0) is 11.5. The fourth-order valence-electron chi connectivity index (χ4n) is 1.34. The Morgan fingerprint density at radius 3 is 2.44 bits per heavy atom. The number of carboxylic acid groups (broad SMARTS) is 1. The summed E-state index contributed by atoms with van der Waals surface area (Å²) in [5, 5.41) is 10.5. The lowest BCUT2D eigenvalue weighted by Crippen LogP contribution is -1.94. The first-order valence-electron chi connectivity index (χ1n) is 4.58. The number of aldehydes is 1. The molecular formula is C12H8O3S. The third-order valence-corrected chi connectivity index (χ3v) is 3.17. The summed E-state index contributed by atoms with van der Waals surface area (Å²) in [6.45, 7) is 0. The van der Waals surface area contributed by atoms with Gasteiger partial charge in [-0.3, -0.25) is 4.79 Å². The summed E-state index contributed by atoms with van der Waals surface area (Å²) in [5.41, 5.74) is 1.82. The Morgan fingerprint density at radius 2 is 1.94 bits per heavy atom. The number of hydrogen-bond donors (Lipinski definition) is 1. The van der Waals surface area contributed by atoms with E-state index in [1.165, 1.54) is 11.3 Å². The highest BCUT2D eigenvalue weighted by Crippen LogP contribution is 2.26. The molecule has 0 amide bonds. The second-order valence-electron chi connectivity index (χ2n) is 3.24. The van der Waals surface area contributed by atoms with Crippen LogP contribution in [-0.4, -0.2) is 17.4 Å². The smallest absolute Gasteiger partial charge is 0.335 e. The van der Waals surface area contributed by atoms with Crippen LogP contribution in [0.5, 0.6) is 0 Å². The van der Waals surface area contributed by atoms with Gasteiger partial charge in [0.25, 0.3) is 0 Å². The molecular weight excluding hydrogens is 224 g/mol. The Hall–Kier alpha value is -1.94. The van der Waals surface area contributed by atoms with Crippen LogP contribution in [0.2, 0.25) is 0 Å². The van der Waals surface area contributed by atoms with E-state index in [2.05, 4.69) is 0 Å². The molecule has 1 aromatic carbocycles. The summed E-state index contributed by atoms with van der Waals surface area (Å²) in [5.74, 6) is -0.939. The molecule has 0 bridgehead atoms. The highest BCUT2D eigenvalue weighted by atomic mass is 32.1. The van der Waals surface area contributed by atoms with E-state index in [-0.39, 0.29) is 5.56 Å². The molecule has 80 valence electrons. The Kier molecular flexibility index (Phi) is 2.83. The number of carbonyl (C=O) groups is 2. The summed E-state index contributed by atoms with van der Waals surface area (Å²) < 4.78 is 0. The monoisotopic (exact) mass is 232 g/mol. The van der Waals surface area contributed by atoms with Gasteiger partial charge in [0.1, 0.15) is 0 Å². The summed E-state index contributed by atoms with van der Waals surface area (Å²) in [6.07, 6.45) is 0.797. The van der Waals surface area contributed by atoms with Crippen molar-refractivity contribution >= 4 is 23.6 Å². The lowest BCUT2D eigenvalue weighted by molar-refractivity contribution is 0.0696. The fourth-order valence-corrected chi connectivity index (χ4v) is 2.20. The van der Waals surface area contributed by atoms with Gasteiger partial charge in [0.2, 0.25) is 0 Å². The molecule has 0 saturated carbocycles. The third kappa shape index (κ3) is 2.01. The molecule has 0 aliphatic rings. The van der Waals surface area contributed by atoms with Crippen LogP contribution in [0.1, 0.15) is 20.7 Å². The molecule has 0 saturated heterocycles. The highest BCUT2D eigenvalue weighted by molar-refractivity contribution is 7.13. The van der Waals surface area contributed by atoms with Crippen LogP contribution in [0, 0.1) is 0 Å². The van der Waals surface area contributed by atoms with Gasteiger partial charge in [0.05, 0.1) is 5.56 Å². The maximum absolute atomic E-state index is 10.7. The molecule has 1 heterocycles. The average molecular weight is 232 g/mol. The van der Waals surface area contributed by atoms with E-state index < -0.39 is 5.97 Å². The molecule has 1 N–H and O–H groups in total. The van der Waals surface area contributed by atoms with E-state index >= 15 is 0 Å². The first-order valence-corrected chi connectivity index (χ1v) is 5.46. The minimum absolute atomic E-state index is 0.260. The van der Waals surface area contributed by atoms with E-state index in [1.807, 2.05) is 0 Å². The molecule has 0 aliphatic heterocycles. The van der Waals surface area contributed by atoms with Gasteiger partial charge >= 0.3 is 5.97 Å². The third-order valence-electron chi connectivity index (χ3n) is 2.17.